The number of carbonyl (C=O) groups is 2. The Kier molecular flexibility index (Phi) is 5.05. The van der Waals surface area contributed by atoms with Crippen molar-refractivity contribution in [1.29, 1.82) is 0 Å². The molecule has 0 aromatic carbocycles. The van der Waals surface area contributed by atoms with E-state index in [1.54, 1.807) is 17.4 Å². The van der Waals surface area contributed by atoms with Gasteiger partial charge in [-0.3, -0.25) is 19.9 Å². The zero-order valence-electron chi connectivity index (χ0n) is 16.6. The van der Waals surface area contributed by atoms with Crippen LogP contribution in [-0.4, -0.2) is 84.0 Å². The molecule has 4 saturated heterocycles. The monoisotopic (exact) mass is 418 g/mol. The Morgan fingerprint density at radius 2 is 2.23 bits per heavy atom. The number of pyridine rings is 1. The number of nitrogens with zero attached hydrogens (tertiary/aromatic N) is 4. The normalized spacial score (nSPS) is 34.1. The number of nitrogens with one attached hydrogen (secondary N) is 3. The van der Waals surface area contributed by atoms with E-state index < -0.39 is 18.3 Å². The fraction of sp³-hybridized carbons (Fsp3) is 0.632. The predicted octanol–water partition coefficient (Wildman–Crippen LogP) is -1.18. The second kappa shape index (κ2) is 7.73. The highest BCUT2D eigenvalue weighted by molar-refractivity contribution is 5.97. The van der Waals surface area contributed by atoms with Gasteiger partial charge in [0, 0.05) is 38.4 Å². The average molecular weight is 418 g/mol. The van der Waals surface area contributed by atoms with Crippen molar-refractivity contribution >= 4 is 23.2 Å². The molecule has 5 unspecified atom stereocenters. The van der Waals surface area contributed by atoms with Gasteiger partial charge in [0.15, 0.2) is 0 Å². The number of rotatable bonds is 3. The highest BCUT2D eigenvalue weighted by Gasteiger charge is 2.47. The number of amides is 2. The molecule has 5 N–H and O–H groups in total. The third-order valence-corrected chi connectivity index (χ3v) is 6.48. The lowest BCUT2D eigenvalue weighted by molar-refractivity contribution is -0.132. The van der Waals surface area contributed by atoms with E-state index in [0.717, 1.165) is 31.6 Å². The summed E-state index contributed by atoms with van der Waals surface area (Å²) in [5, 5.41) is 7.67. The van der Waals surface area contributed by atoms with Crippen molar-refractivity contribution in [2.45, 2.75) is 37.4 Å². The summed E-state index contributed by atoms with van der Waals surface area (Å²) in [5.74, 6) is -0.756. The topological polar surface area (TPSA) is 119 Å². The number of hydrogen-bond acceptors (Lipinski definition) is 8. The van der Waals surface area contributed by atoms with E-state index in [4.69, 9.17) is 5.73 Å². The minimum absolute atomic E-state index is 0.114. The molecule has 11 heteroatoms. The number of aromatic nitrogens is 1. The van der Waals surface area contributed by atoms with E-state index >= 15 is 0 Å². The Bertz CT molecular complexity index is 841. The molecular formula is C19H27FN8O2. The van der Waals surface area contributed by atoms with Crippen LogP contribution < -0.4 is 26.7 Å². The maximum Gasteiger partial charge on any atom is 0.242 e. The Labute approximate surface area is 173 Å². The Morgan fingerprint density at radius 3 is 3.10 bits per heavy atom. The van der Waals surface area contributed by atoms with Crippen LogP contribution in [0.25, 0.3) is 0 Å². The van der Waals surface area contributed by atoms with E-state index in [1.165, 1.54) is 0 Å². The molecule has 2 amide bonds. The third kappa shape index (κ3) is 3.41. The summed E-state index contributed by atoms with van der Waals surface area (Å²) in [6.45, 7) is 2.21. The molecule has 5 atom stereocenters. The summed E-state index contributed by atoms with van der Waals surface area (Å²) < 4.78 is 13.7. The number of piperazine rings is 1. The second-order valence-corrected chi connectivity index (χ2v) is 8.43. The summed E-state index contributed by atoms with van der Waals surface area (Å²) in [6, 6.07) is 2.03. The average Bonchev–Trinajstić information content (AvgIpc) is 3.31. The fourth-order valence-corrected chi connectivity index (χ4v) is 5.06. The van der Waals surface area contributed by atoms with Gasteiger partial charge in [-0.15, -0.1) is 0 Å². The molecule has 0 aliphatic carbocycles. The number of anilines is 2. The molecule has 0 bridgehead atoms. The smallest absolute Gasteiger partial charge is 0.242 e. The fourth-order valence-electron chi connectivity index (χ4n) is 5.06. The van der Waals surface area contributed by atoms with Crippen molar-refractivity contribution in [2.24, 2.45) is 11.7 Å². The van der Waals surface area contributed by atoms with Gasteiger partial charge in [-0.05, 0) is 18.9 Å². The van der Waals surface area contributed by atoms with Crippen LogP contribution in [0.5, 0.6) is 0 Å². The third-order valence-electron chi connectivity index (χ3n) is 6.48. The molecule has 4 aliphatic heterocycles. The van der Waals surface area contributed by atoms with Crippen molar-refractivity contribution in [3.8, 4) is 0 Å². The van der Waals surface area contributed by atoms with Gasteiger partial charge >= 0.3 is 0 Å². The Morgan fingerprint density at radius 1 is 1.37 bits per heavy atom. The first-order valence-electron chi connectivity index (χ1n) is 10.5. The lowest BCUT2D eigenvalue weighted by atomic mass is 10.0. The van der Waals surface area contributed by atoms with E-state index in [1.807, 2.05) is 15.9 Å². The predicted molar refractivity (Wildman–Crippen MR) is 108 cm³/mol. The first-order chi connectivity index (χ1) is 14.5. The highest BCUT2D eigenvalue weighted by Crippen LogP contribution is 2.31. The molecule has 1 aromatic rings. The van der Waals surface area contributed by atoms with E-state index in [0.29, 0.717) is 5.69 Å². The SMILES string of the molecule is NC1NN2CC(F)CNC2C1C(=O)Nc1cnccc1N1CC(=O)N2CCCC2C1. The van der Waals surface area contributed by atoms with Crippen LogP contribution in [0, 0.1) is 5.92 Å². The molecule has 0 radical (unpaired) electrons. The Balaban J connectivity index is 1.33. The summed E-state index contributed by atoms with van der Waals surface area (Å²) in [5.41, 5.74) is 10.4. The van der Waals surface area contributed by atoms with Crippen molar-refractivity contribution in [1.82, 2.24) is 25.6 Å². The lowest BCUT2D eigenvalue weighted by Crippen LogP contribution is -2.58. The largest absolute Gasteiger partial charge is 0.358 e. The molecule has 0 saturated carbocycles. The number of carbonyl (C=O) groups excluding carboxylic acids is 2. The number of hydrogen-bond donors (Lipinski definition) is 4. The molecule has 30 heavy (non-hydrogen) atoms. The van der Waals surface area contributed by atoms with Gasteiger partial charge in [0.1, 0.15) is 6.17 Å². The van der Waals surface area contributed by atoms with E-state index in [2.05, 4.69) is 21.0 Å². The van der Waals surface area contributed by atoms with Crippen LogP contribution in [0.15, 0.2) is 18.5 Å². The minimum Gasteiger partial charge on any atom is -0.358 e. The van der Waals surface area contributed by atoms with Crippen LogP contribution in [-0.2, 0) is 9.59 Å². The van der Waals surface area contributed by atoms with Crippen LogP contribution in [0.3, 0.4) is 0 Å². The van der Waals surface area contributed by atoms with Crippen molar-refractivity contribution in [2.75, 3.05) is 42.9 Å². The molecule has 162 valence electrons. The highest BCUT2D eigenvalue weighted by atomic mass is 19.1. The standard InChI is InChI=1S/C19H27FN8O2/c20-11-6-23-18-16(17(21)25-28(18)8-11)19(30)24-13-7-22-4-3-14(13)26-9-12-2-1-5-27(12)15(29)10-26/h3-4,7,11-12,16-18,23,25H,1-2,5-6,8-10,21H2,(H,24,30). The second-order valence-electron chi connectivity index (χ2n) is 8.43. The summed E-state index contributed by atoms with van der Waals surface area (Å²) >= 11 is 0. The van der Waals surface area contributed by atoms with Crippen LogP contribution in [0.4, 0.5) is 15.8 Å². The van der Waals surface area contributed by atoms with Crippen molar-refractivity contribution < 1.29 is 14.0 Å². The van der Waals surface area contributed by atoms with Crippen molar-refractivity contribution in [3.05, 3.63) is 18.5 Å². The maximum absolute atomic E-state index is 13.7. The van der Waals surface area contributed by atoms with Gasteiger partial charge in [-0.25, -0.2) is 14.8 Å². The van der Waals surface area contributed by atoms with E-state index in [-0.39, 0.29) is 43.7 Å². The van der Waals surface area contributed by atoms with Gasteiger partial charge in [-0.1, -0.05) is 0 Å². The maximum atomic E-state index is 13.7. The van der Waals surface area contributed by atoms with E-state index in [9.17, 15) is 14.0 Å². The number of nitrogens with two attached hydrogens (primary N) is 1. The van der Waals surface area contributed by atoms with Gasteiger partial charge < -0.3 is 20.9 Å². The Hall–Kier alpha value is -2.34. The molecule has 10 nitrogen and oxygen atoms in total. The zero-order valence-corrected chi connectivity index (χ0v) is 16.6. The minimum atomic E-state index is -1.01. The number of alkyl halides is 1. The number of hydrazine groups is 1. The molecular weight excluding hydrogens is 391 g/mol. The van der Waals surface area contributed by atoms with Crippen LogP contribution in [0.1, 0.15) is 12.8 Å². The first-order valence-corrected chi connectivity index (χ1v) is 10.5. The van der Waals surface area contributed by atoms with Gasteiger partial charge in [0.25, 0.3) is 0 Å². The molecule has 4 fully saturated rings. The lowest BCUT2D eigenvalue weighted by Gasteiger charge is -2.39. The molecule has 1 aromatic heterocycles. The van der Waals surface area contributed by atoms with Crippen LogP contribution in [0.2, 0.25) is 0 Å². The molecule has 5 rings (SSSR count). The number of fused-ring (bicyclic) bond motifs is 2. The summed E-state index contributed by atoms with van der Waals surface area (Å²) in [6.07, 6.45) is 3.26. The van der Waals surface area contributed by atoms with Crippen LogP contribution >= 0.6 is 0 Å². The molecule has 5 heterocycles. The van der Waals surface area contributed by atoms with Gasteiger partial charge in [-0.2, -0.15) is 0 Å². The van der Waals surface area contributed by atoms with Crippen molar-refractivity contribution in [3.63, 3.8) is 0 Å². The quantitative estimate of drug-likeness (QED) is 0.485. The zero-order chi connectivity index (χ0) is 20.8. The molecule has 4 aliphatic rings. The van der Waals surface area contributed by atoms with Gasteiger partial charge in [0.2, 0.25) is 11.8 Å². The summed E-state index contributed by atoms with van der Waals surface area (Å²) in [4.78, 5) is 33.8. The first kappa shape index (κ1) is 19.6. The summed E-state index contributed by atoms with van der Waals surface area (Å²) in [7, 11) is 0. The molecule has 0 spiro atoms. The number of halogens is 1. The van der Waals surface area contributed by atoms with Gasteiger partial charge in [0.05, 0.1) is 42.4 Å².